The van der Waals surface area contributed by atoms with Crippen molar-refractivity contribution in [3.8, 4) is 22.3 Å². The van der Waals surface area contributed by atoms with Gasteiger partial charge in [0.2, 0.25) is 0 Å². The minimum Gasteiger partial charge on any atom is -0.468 e. The minimum absolute atomic E-state index is 0.00843. The molecule has 7 heteroatoms. The average molecular weight is 571 g/mol. The van der Waals surface area contributed by atoms with E-state index < -0.39 is 23.3 Å². The van der Waals surface area contributed by atoms with E-state index in [-0.39, 0.29) is 41.7 Å². The molecule has 1 aliphatic carbocycles. The molecule has 0 aromatic heterocycles. The van der Waals surface area contributed by atoms with Crippen LogP contribution in [0.15, 0.2) is 48.5 Å². The van der Waals surface area contributed by atoms with Crippen LogP contribution in [0.2, 0.25) is 0 Å². The molecule has 0 bridgehead atoms. The zero-order chi connectivity index (χ0) is 29.4. The monoisotopic (exact) mass is 570 g/mol. The Morgan fingerprint density at radius 1 is 0.878 bits per heavy atom. The first-order valence-electron chi connectivity index (χ1n) is 14.6. The van der Waals surface area contributed by atoms with Crippen LogP contribution in [0.5, 0.6) is 0 Å². The van der Waals surface area contributed by atoms with Crippen LogP contribution in [0.25, 0.3) is 22.3 Å². The summed E-state index contributed by atoms with van der Waals surface area (Å²) in [5.74, 6) is -2.58. The predicted molar refractivity (Wildman–Crippen MR) is 152 cm³/mol. The summed E-state index contributed by atoms with van der Waals surface area (Å²) in [7, 11) is 0. The molecular formula is C34H38F4O3. The second kappa shape index (κ2) is 14.6. The van der Waals surface area contributed by atoms with Crippen LogP contribution in [-0.4, -0.2) is 24.8 Å². The van der Waals surface area contributed by atoms with Gasteiger partial charge in [-0.15, -0.1) is 0 Å². The van der Waals surface area contributed by atoms with Crippen molar-refractivity contribution in [2.45, 2.75) is 70.6 Å². The van der Waals surface area contributed by atoms with E-state index in [1.54, 1.807) is 18.2 Å². The lowest BCUT2D eigenvalue weighted by atomic mass is 9.75. The smallest absolute Gasteiger partial charge is 0.293 e. The first-order chi connectivity index (χ1) is 19.9. The fourth-order valence-electron chi connectivity index (χ4n) is 6.06. The van der Waals surface area contributed by atoms with Crippen LogP contribution in [0.3, 0.4) is 0 Å². The molecule has 0 radical (unpaired) electrons. The molecule has 1 fully saturated rings. The SMILES string of the molecule is CCCCCc1ccc(-c2ccc(-c3ccc(C4CCC(CC(CO)COC=O)CC4)c(F)c3)c(F)c2)c(F)c1F. The van der Waals surface area contributed by atoms with Gasteiger partial charge in [0, 0.05) is 23.7 Å². The Morgan fingerprint density at radius 2 is 1.56 bits per heavy atom. The number of ether oxygens (including phenoxy) is 1. The van der Waals surface area contributed by atoms with Gasteiger partial charge in [-0.1, -0.05) is 56.2 Å². The highest BCUT2D eigenvalue weighted by Gasteiger charge is 2.27. The van der Waals surface area contributed by atoms with Crippen LogP contribution in [0.4, 0.5) is 17.6 Å². The third kappa shape index (κ3) is 7.56. The Balaban J connectivity index is 1.44. The summed E-state index contributed by atoms with van der Waals surface area (Å²) in [6.45, 7) is 2.59. The number of carbonyl (C=O) groups is 1. The minimum atomic E-state index is -0.988. The summed E-state index contributed by atoms with van der Waals surface area (Å²) in [5, 5.41) is 9.52. The van der Waals surface area contributed by atoms with E-state index in [9.17, 15) is 18.7 Å². The number of benzene rings is 3. The van der Waals surface area contributed by atoms with E-state index in [2.05, 4.69) is 0 Å². The summed E-state index contributed by atoms with van der Waals surface area (Å²) in [5.41, 5.74) is 1.70. The number of carbonyl (C=O) groups excluding carboxylic acids is 1. The van der Waals surface area contributed by atoms with Crippen molar-refractivity contribution in [1.82, 2.24) is 0 Å². The first-order valence-corrected chi connectivity index (χ1v) is 14.6. The van der Waals surface area contributed by atoms with Gasteiger partial charge in [0.1, 0.15) is 11.6 Å². The zero-order valence-electron chi connectivity index (χ0n) is 23.5. The van der Waals surface area contributed by atoms with Crippen LogP contribution >= 0.6 is 0 Å². The molecule has 3 aromatic rings. The normalized spacial score (nSPS) is 17.8. The van der Waals surface area contributed by atoms with Crippen molar-refractivity contribution in [2.75, 3.05) is 13.2 Å². The van der Waals surface area contributed by atoms with Gasteiger partial charge in [0.05, 0.1) is 6.61 Å². The maximum atomic E-state index is 15.2. The number of aryl methyl sites for hydroxylation is 1. The lowest BCUT2D eigenvalue weighted by Crippen LogP contribution is -2.21. The highest BCUT2D eigenvalue weighted by atomic mass is 19.2. The molecule has 220 valence electrons. The van der Waals surface area contributed by atoms with Crippen LogP contribution in [0, 0.1) is 35.1 Å². The highest BCUT2D eigenvalue weighted by molar-refractivity contribution is 5.72. The van der Waals surface area contributed by atoms with Gasteiger partial charge in [0.15, 0.2) is 11.6 Å². The second-order valence-corrected chi connectivity index (χ2v) is 11.2. The van der Waals surface area contributed by atoms with Crippen molar-refractivity contribution in [3.05, 3.63) is 82.9 Å². The van der Waals surface area contributed by atoms with Crippen molar-refractivity contribution < 1.29 is 32.2 Å². The van der Waals surface area contributed by atoms with E-state index in [1.165, 1.54) is 24.3 Å². The predicted octanol–water partition coefficient (Wildman–Crippen LogP) is 8.76. The van der Waals surface area contributed by atoms with E-state index >= 15 is 8.78 Å². The number of unbranched alkanes of at least 4 members (excludes halogenated alkanes) is 2. The number of halogens is 4. The molecule has 3 nitrogen and oxygen atoms in total. The maximum Gasteiger partial charge on any atom is 0.293 e. The third-order valence-corrected chi connectivity index (χ3v) is 8.41. The molecule has 0 saturated heterocycles. The summed E-state index contributed by atoms with van der Waals surface area (Å²) in [6.07, 6.45) is 7.28. The van der Waals surface area contributed by atoms with Crippen molar-refractivity contribution in [1.29, 1.82) is 0 Å². The number of hydrogen-bond acceptors (Lipinski definition) is 3. The standard InChI is InChI=1S/C34H38F4O3/c1-2-3-4-5-25-10-15-30(34(38)33(25)37)27-12-14-29(32(36)18-27)26-11-13-28(31(35)17-26)24-8-6-22(7-9-24)16-23(19-39)20-41-21-40/h10-15,17-18,21-24,39H,2-9,16,19-20H2,1H3. The number of aliphatic hydroxyl groups excluding tert-OH is 1. The molecular weight excluding hydrogens is 532 g/mol. The van der Waals surface area contributed by atoms with E-state index in [1.807, 2.05) is 6.92 Å². The molecule has 0 aliphatic heterocycles. The molecule has 1 unspecified atom stereocenters. The topological polar surface area (TPSA) is 46.5 Å². The van der Waals surface area contributed by atoms with Crippen molar-refractivity contribution in [3.63, 3.8) is 0 Å². The van der Waals surface area contributed by atoms with Gasteiger partial charge in [-0.3, -0.25) is 4.79 Å². The first kappa shape index (κ1) is 30.8. The fraction of sp³-hybridized carbons (Fsp3) is 0.441. The van der Waals surface area contributed by atoms with Gasteiger partial charge < -0.3 is 9.84 Å². The Kier molecular flexibility index (Phi) is 11.0. The zero-order valence-corrected chi connectivity index (χ0v) is 23.5. The molecule has 1 atom stereocenters. The molecule has 1 N–H and O–H groups in total. The molecule has 0 amide bonds. The summed E-state index contributed by atoms with van der Waals surface area (Å²) in [6, 6.07) is 12.0. The average Bonchev–Trinajstić information content (AvgIpc) is 2.98. The van der Waals surface area contributed by atoms with Gasteiger partial charge in [0.25, 0.3) is 6.47 Å². The van der Waals surface area contributed by atoms with Crippen LogP contribution in [-0.2, 0) is 16.0 Å². The van der Waals surface area contributed by atoms with E-state index in [0.717, 1.165) is 57.4 Å². The summed E-state index contributed by atoms with van der Waals surface area (Å²) >= 11 is 0. The summed E-state index contributed by atoms with van der Waals surface area (Å²) in [4.78, 5) is 10.4. The van der Waals surface area contributed by atoms with Crippen molar-refractivity contribution >= 4 is 6.47 Å². The molecule has 0 heterocycles. The second-order valence-electron chi connectivity index (χ2n) is 11.2. The lowest BCUT2D eigenvalue weighted by molar-refractivity contribution is -0.130. The van der Waals surface area contributed by atoms with Crippen molar-refractivity contribution in [2.24, 2.45) is 11.8 Å². The highest BCUT2D eigenvalue weighted by Crippen LogP contribution is 2.40. The molecule has 4 rings (SSSR count). The van der Waals surface area contributed by atoms with Gasteiger partial charge in [-0.05, 0) is 91.2 Å². The Labute approximate surface area is 239 Å². The fourth-order valence-corrected chi connectivity index (χ4v) is 6.06. The number of aliphatic hydroxyl groups is 1. The van der Waals surface area contributed by atoms with E-state index in [4.69, 9.17) is 4.74 Å². The van der Waals surface area contributed by atoms with Gasteiger partial charge in [-0.2, -0.15) is 0 Å². The molecule has 41 heavy (non-hydrogen) atoms. The van der Waals surface area contributed by atoms with Gasteiger partial charge >= 0.3 is 0 Å². The molecule has 0 spiro atoms. The molecule has 3 aromatic carbocycles. The Morgan fingerprint density at radius 3 is 2.22 bits per heavy atom. The number of rotatable bonds is 13. The number of hydrogen-bond donors (Lipinski definition) is 1. The molecule has 1 aliphatic rings. The Hall–Kier alpha value is -3.19. The maximum absolute atomic E-state index is 15.2. The van der Waals surface area contributed by atoms with Crippen LogP contribution < -0.4 is 0 Å². The van der Waals surface area contributed by atoms with Gasteiger partial charge in [-0.25, -0.2) is 17.6 Å². The lowest BCUT2D eigenvalue weighted by Gasteiger charge is -2.31. The molecule has 1 saturated carbocycles. The largest absolute Gasteiger partial charge is 0.468 e. The van der Waals surface area contributed by atoms with Crippen LogP contribution in [0.1, 0.15) is 75.3 Å². The summed E-state index contributed by atoms with van der Waals surface area (Å²) < 4.78 is 64.8. The Bertz CT molecular complexity index is 1320. The van der Waals surface area contributed by atoms with E-state index in [0.29, 0.717) is 35.5 Å². The quantitative estimate of drug-likeness (QED) is 0.127. The third-order valence-electron chi connectivity index (χ3n) is 8.41.